The lowest BCUT2D eigenvalue weighted by atomic mass is 9.92. The fourth-order valence-electron chi connectivity index (χ4n) is 2.32. The maximum Gasteiger partial charge on any atom is 0.335 e. The van der Waals surface area contributed by atoms with Crippen LogP contribution in [0.3, 0.4) is 0 Å². The molecule has 0 aliphatic rings. The van der Waals surface area contributed by atoms with Crippen molar-refractivity contribution in [1.82, 2.24) is 0 Å². The lowest BCUT2D eigenvalue weighted by Gasteiger charge is -2.25. The summed E-state index contributed by atoms with van der Waals surface area (Å²) in [7, 11) is 1.28. The number of ether oxygens (including phenoxy) is 3. The second kappa shape index (κ2) is 10.6. The Balaban J connectivity index is 2.91. The van der Waals surface area contributed by atoms with Crippen molar-refractivity contribution in [1.29, 1.82) is 0 Å². The van der Waals surface area contributed by atoms with E-state index in [4.69, 9.17) is 14.2 Å². The maximum absolute atomic E-state index is 12.4. The van der Waals surface area contributed by atoms with E-state index in [2.05, 4.69) is 6.58 Å². The lowest BCUT2D eigenvalue weighted by Crippen LogP contribution is -2.39. The van der Waals surface area contributed by atoms with Crippen molar-refractivity contribution in [3.05, 3.63) is 48.6 Å². The predicted octanol–water partition coefficient (Wildman–Crippen LogP) is 3.14. The number of carbonyl (C=O) groups excluding carboxylic acids is 2. The van der Waals surface area contributed by atoms with Crippen LogP contribution in [0.15, 0.2) is 43.0 Å². The minimum Gasteiger partial charge on any atom is -0.467 e. The van der Waals surface area contributed by atoms with Crippen LogP contribution in [0, 0.1) is 11.8 Å². The molecule has 132 valence electrons. The number of hydrogen-bond acceptors (Lipinski definition) is 5. The molecule has 0 fully saturated rings. The van der Waals surface area contributed by atoms with Crippen molar-refractivity contribution in [2.24, 2.45) is 11.8 Å². The summed E-state index contributed by atoms with van der Waals surface area (Å²) in [5.74, 6) is -1.58. The third kappa shape index (κ3) is 6.54. The van der Waals surface area contributed by atoms with Crippen LogP contribution >= 0.6 is 0 Å². The Kier molecular flexibility index (Phi) is 8.79. The van der Waals surface area contributed by atoms with Gasteiger partial charge in [-0.05, 0) is 17.9 Å². The Bertz CT molecular complexity index is 524. The number of benzene rings is 1. The SMILES string of the molecule is C=CCOC(=O)C(CC(C)C)C(OCc1ccccc1)C(=O)OC. The molecular formula is C19H26O5. The summed E-state index contributed by atoms with van der Waals surface area (Å²) in [6.45, 7) is 7.78. The Labute approximate surface area is 143 Å². The fraction of sp³-hybridized carbons (Fsp3) is 0.474. The van der Waals surface area contributed by atoms with Crippen LogP contribution < -0.4 is 0 Å². The Morgan fingerprint density at radius 2 is 1.83 bits per heavy atom. The first kappa shape index (κ1) is 19.9. The largest absolute Gasteiger partial charge is 0.467 e. The van der Waals surface area contributed by atoms with Gasteiger partial charge in [-0.2, -0.15) is 0 Å². The highest BCUT2D eigenvalue weighted by Gasteiger charge is 2.37. The van der Waals surface area contributed by atoms with Crippen molar-refractivity contribution < 1.29 is 23.8 Å². The van der Waals surface area contributed by atoms with Crippen LogP contribution in [-0.4, -0.2) is 31.8 Å². The highest BCUT2D eigenvalue weighted by molar-refractivity contribution is 5.83. The minimum atomic E-state index is -1.00. The van der Waals surface area contributed by atoms with Gasteiger partial charge in [0.1, 0.15) is 6.61 Å². The summed E-state index contributed by atoms with van der Waals surface area (Å²) in [5.41, 5.74) is 0.911. The molecule has 1 aromatic rings. The molecule has 0 saturated carbocycles. The number of methoxy groups -OCH3 is 1. The second-order valence-corrected chi connectivity index (χ2v) is 5.90. The molecule has 0 aliphatic carbocycles. The topological polar surface area (TPSA) is 61.8 Å². The van der Waals surface area contributed by atoms with Gasteiger partial charge >= 0.3 is 11.9 Å². The first-order valence-corrected chi connectivity index (χ1v) is 8.00. The van der Waals surface area contributed by atoms with Gasteiger partial charge in [0.05, 0.1) is 19.6 Å². The standard InChI is InChI=1S/C19H26O5/c1-5-11-23-18(20)16(12-14(2)3)17(19(21)22-4)24-13-15-9-7-6-8-10-15/h5-10,14,16-17H,1,11-13H2,2-4H3. The first-order chi connectivity index (χ1) is 11.5. The summed E-state index contributed by atoms with van der Waals surface area (Å²) >= 11 is 0. The lowest BCUT2D eigenvalue weighted by molar-refractivity contribution is -0.170. The van der Waals surface area contributed by atoms with Gasteiger partial charge in [0.25, 0.3) is 0 Å². The molecule has 0 saturated heterocycles. The molecule has 5 heteroatoms. The quantitative estimate of drug-likeness (QED) is 0.486. The zero-order valence-electron chi connectivity index (χ0n) is 14.6. The molecule has 1 rings (SSSR count). The third-order valence-electron chi connectivity index (χ3n) is 3.44. The van der Waals surface area contributed by atoms with Crippen molar-refractivity contribution in [3.8, 4) is 0 Å². The Morgan fingerprint density at radius 1 is 1.17 bits per heavy atom. The summed E-state index contributed by atoms with van der Waals surface area (Å²) in [6, 6.07) is 9.45. The van der Waals surface area contributed by atoms with Gasteiger partial charge in [-0.15, -0.1) is 0 Å². The molecule has 0 amide bonds. The molecule has 24 heavy (non-hydrogen) atoms. The highest BCUT2D eigenvalue weighted by Crippen LogP contribution is 2.22. The van der Waals surface area contributed by atoms with E-state index in [9.17, 15) is 9.59 Å². The van der Waals surface area contributed by atoms with E-state index in [1.807, 2.05) is 44.2 Å². The molecule has 5 nitrogen and oxygen atoms in total. The molecule has 0 spiro atoms. The number of esters is 2. The summed E-state index contributed by atoms with van der Waals surface area (Å²) < 4.78 is 15.7. The molecule has 0 N–H and O–H groups in total. The zero-order valence-corrected chi connectivity index (χ0v) is 14.6. The molecule has 2 atom stereocenters. The monoisotopic (exact) mass is 334 g/mol. The van der Waals surface area contributed by atoms with Crippen LogP contribution in [-0.2, 0) is 30.4 Å². The van der Waals surface area contributed by atoms with Gasteiger partial charge in [0.2, 0.25) is 0 Å². The molecular weight excluding hydrogens is 308 g/mol. The van der Waals surface area contributed by atoms with Crippen LogP contribution in [0.1, 0.15) is 25.8 Å². The molecule has 0 bridgehead atoms. The van der Waals surface area contributed by atoms with Gasteiger partial charge in [0, 0.05) is 0 Å². The molecule has 0 aromatic heterocycles. The number of rotatable bonds is 10. The summed E-state index contributed by atoms with van der Waals surface area (Å²) in [6.07, 6.45) is 0.947. The van der Waals surface area contributed by atoms with E-state index in [0.29, 0.717) is 6.42 Å². The normalized spacial score (nSPS) is 13.2. The van der Waals surface area contributed by atoms with E-state index >= 15 is 0 Å². The van der Waals surface area contributed by atoms with Gasteiger partial charge in [-0.3, -0.25) is 4.79 Å². The highest BCUT2D eigenvalue weighted by atomic mass is 16.6. The van der Waals surface area contributed by atoms with E-state index in [0.717, 1.165) is 5.56 Å². The number of carbonyl (C=O) groups is 2. The van der Waals surface area contributed by atoms with Crippen LogP contribution in [0.4, 0.5) is 0 Å². The van der Waals surface area contributed by atoms with Gasteiger partial charge in [-0.25, -0.2) is 4.79 Å². The van der Waals surface area contributed by atoms with Gasteiger partial charge in [0.15, 0.2) is 6.10 Å². The molecule has 0 aliphatic heterocycles. The average molecular weight is 334 g/mol. The van der Waals surface area contributed by atoms with E-state index in [1.165, 1.54) is 13.2 Å². The summed E-state index contributed by atoms with van der Waals surface area (Å²) in [5, 5.41) is 0. The van der Waals surface area contributed by atoms with Crippen LogP contribution in [0.25, 0.3) is 0 Å². The fourth-order valence-corrected chi connectivity index (χ4v) is 2.32. The molecule has 1 aromatic carbocycles. The molecule has 2 unspecified atom stereocenters. The Hall–Kier alpha value is -2.14. The average Bonchev–Trinajstić information content (AvgIpc) is 2.59. The first-order valence-electron chi connectivity index (χ1n) is 8.00. The summed E-state index contributed by atoms with van der Waals surface area (Å²) in [4.78, 5) is 24.5. The minimum absolute atomic E-state index is 0.0972. The van der Waals surface area contributed by atoms with Crippen molar-refractivity contribution >= 4 is 11.9 Å². The van der Waals surface area contributed by atoms with Crippen molar-refractivity contribution in [2.45, 2.75) is 33.0 Å². The van der Waals surface area contributed by atoms with Crippen LogP contribution in [0.2, 0.25) is 0 Å². The third-order valence-corrected chi connectivity index (χ3v) is 3.44. The smallest absolute Gasteiger partial charge is 0.335 e. The number of hydrogen-bond donors (Lipinski definition) is 0. The van der Waals surface area contributed by atoms with E-state index in [1.54, 1.807) is 0 Å². The maximum atomic E-state index is 12.4. The van der Waals surface area contributed by atoms with Crippen LogP contribution in [0.5, 0.6) is 0 Å². The zero-order chi connectivity index (χ0) is 17.9. The van der Waals surface area contributed by atoms with Gasteiger partial charge < -0.3 is 14.2 Å². The van der Waals surface area contributed by atoms with Gasteiger partial charge in [-0.1, -0.05) is 56.8 Å². The van der Waals surface area contributed by atoms with E-state index in [-0.39, 0.29) is 19.1 Å². The van der Waals surface area contributed by atoms with E-state index < -0.39 is 24.0 Å². The second-order valence-electron chi connectivity index (χ2n) is 5.90. The molecule has 0 radical (unpaired) electrons. The Morgan fingerprint density at radius 3 is 2.38 bits per heavy atom. The van der Waals surface area contributed by atoms with Crippen molar-refractivity contribution in [3.63, 3.8) is 0 Å². The predicted molar refractivity (Wildman–Crippen MR) is 91.1 cm³/mol. The van der Waals surface area contributed by atoms with Crippen molar-refractivity contribution in [2.75, 3.05) is 13.7 Å². The molecule has 0 heterocycles.